The lowest BCUT2D eigenvalue weighted by atomic mass is 10.0. The quantitative estimate of drug-likeness (QED) is 0.839. The monoisotopic (exact) mass is 250 g/mol. The number of rotatable bonds is 3. The SMILES string of the molecule is O=C(O)c1cccnc1NC(=O)C1CCCOC1. The summed E-state index contributed by atoms with van der Waals surface area (Å²) >= 11 is 0. The number of carbonyl (C=O) groups is 2. The number of ether oxygens (including phenoxy) is 1. The zero-order valence-electron chi connectivity index (χ0n) is 9.76. The number of aromatic nitrogens is 1. The average Bonchev–Trinajstić information content (AvgIpc) is 2.40. The molecule has 1 aromatic rings. The Morgan fingerprint density at radius 2 is 2.33 bits per heavy atom. The molecule has 96 valence electrons. The molecule has 6 nitrogen and oxygen atoms in total. The third kappa shape index (κ3) is 2.84. The van der Waals surface area contributed by atoms with Crippen LogP contribution in [0.4, 0.5) is 5.82 Å². The summed E-state index contributed by atoms with van der Waals surface area (Å²) in [6, 6.07) is 2.92. The molecule has 0 saturated carbocycles. The highest BCUT2D eigenvalue weighted by Crippen LogP contribution is 2.17. The van der Waals surface area contributed by atoms with Crippen molar-refractivity contribution in [1.82, 2.24) is 4.98 Å². The van der Waals surface area contributed by atoms with Crippen LogP contribution in [0, 0.1) is 5.92 Å². The number of carbonyl (C=O) groups excluding carboxylic acids is 1. The van der Waals surface area contributed by atoms with Gasteiger partial charge >= 0.3 is 5.97 Å². The van der Waals surface area contributed by atoms with Crippen LogP contribution < -0.4 is 5.32 Å². The van der Waals surface area contributed by atoms with Gasteiger partial charge in [0.1, 0.15) is 11.4 Å². The van der Waals surface area contributed by atoms with Crippen LogP contribution >= 0.6 is 0 Å². The van der Waals surface area contributed by atoms with Crippen molar-refractivity contribution < 1.29 is 19.4 Å². The predicted octanol–water partition coefficient (Wildman–Crippen LogP) is 1.14. The van der Waals surface area contributed by atoms with Crippen molar-refractivity contribution in [2.45, 2.75) is 12.8 Å². The maximum atomic E-state index is 11.9. The van der Waals surface area contributed by atoms with Gasteiger partial charge < -0.3 is 15.2 Å². The average molecular weight is 250 g/mol. The molecule has 0 radical (unpaired) electrons. The van der Waals surface area contributed by atoms with Crippen molar-refractivity contribution in [2.75, 3.05) is 18.5 Å². The van der Waals surface area contributed by atoms with Gasteiger partial charge in [0.2, 0.25) is 5.91 Å². The fraction of sp³-hybridized carbons (Fsp3) is 0.417. The molecule has 2 heterocycles. The molecule has 1 atom stereocenters. The van der Waals surface area contributed by atoms with Gasteiger partial charge in [-0.05, 0) is 25.0 Å². The van der Waals surface area contributed by atoms with E-state index >= 15 is 0 Å². The number of pyridine rings is 1. The summed E-state index contributed by atoms with van der Waals surface area (Å²) in [7, 11) is 0. The highest BCUT2D eigenvalue weighted by Gasteiger charge is 2.23. The Kier molecular flexibility index (Phi) is 3.88. The number of hydrogen-bond acceptors (Lipinski definition) is 4. The Hall–Kier alpha value is -1.95. The first-order chi connectivity index (χ1) is 8.68. The zero-order chi connectivity index (χ0) is 13.0. The summed E-state index contributed by atoms with van der Waals surface area (Å²) in [4.78, 5) is 26.8. The summed E-state index contributed by atoms with van der Waals surface area (Å²) in [6.07, 6.45) is 3.03. The maximum absolute atomic E-state index is 11.9. The Morgan fingerprint density at radius 3 is 3.00 bits per heavy atom. The molecule has 2 N–H and O–H groups in total. The largest absolute Gasteiger partial charge is 0.478 e. The first kappa shape index (κ1) is 12.5. The van der Waals surface area contributed by atoms with Crippen LogP contribution in [-0.2, 0) is 9.53 Å². The molecule has 0 spiro atoms. The lowest BCUT2D eigenvalue weighted by Gasteiger charge is -2.21. The molecule has 6 heteroatoms. The van der Waals surface area contributed by atoms with E-state index in [0.717, 1.165) is 12.8 Å². The molecule has 1 amide bonds. The predicted molar refractivity (Wildman–Crippen MR) is 63.4 cm³/mol. The van der Waals surface area contributed by atoms with Crippen molar-refractivity contribution in [3.05, 3.63) is 23.9 Å². The summed E-state index contributed by atoms with van der Waals surface area (Å²) in [6.45, 7) is 1.05. The van der Waals surface area contributed by atoms with Gasteiger partial charge in [-0.15, -0.1) is 0 Å². The molecule has 0 aromatic carbocycles. The highest BCUT2D eigenvalue weighted by atomic mass is 16.5. The Balaban J connectivity index is 2.08. The van der Waals surface area contributed by atoms with Crippen LogP contribution in [0.1, 0.15) is 23.2 Å². The number of amides is 1. The second kappa shape index (κ2) is 5.59. The van der Waals surface area contributed by atoms with E-state index in [1.165, 1.54) is 18.3 Å². The van der Waals surface area contributed by atoms with Crippen molar-refractivity contribution in [3.8, 4) is 0 Å². The smallest absolute Gasteiger partial charge is 0.339 e. The van der Waals surface area contributed by atoms with Gasteiger partial charge in [-0.25, -0.2) is 9.78 Å². The van der Waals surface area contributed by atoms with E-state index in [9.17, 15) is 9.59 Å². The summed E-state index contributed by atoms with van der Waals surface area (Å²) in [5, 5.41) is 11.5. The van der Waals surface area contributed by atoms with Gasteiger partial charge in [-0.2, -0.15) is 0 Å². The van der Waals surface area contributed by atoms with Crippen LogP contribution in [0.15, 0.2) is 18.3 Å². The van der Waals surface area contributed by atoms with E-state index in [-0.39, 0.29) is 23.2 Å². The summed E-state index contributed by atoms with van der Waals surface area (Å²) in [5.41, 5.74) is -0.0115. The minimum absolute atomic E-state index is 0.0115. The molecular weight excluding hydrogens is 236 g/mol. The van der Waals surface area contributed by atoms with Gasteiger partial charge in [0.25, 0.3) is 0 Å². The second-order valence-corrected chi connectivity index (χ2v) is 4.11. The van der Waals surface area contributed by atoms with Gasteiger partial charge in [0.15, 0.2) is 0 Å². The van der Waals surface area contributed by atoms with Gasteiger partial charge in [-0.1, -0.05) is 0 Å². The topological polar surface area (TPSA) is 88.5 Å². The fourth-order valence-electron chi connectivity index (χ4n) is 1.84. The summed E-state index contributed by atoms with van der Waals surface area (Å²) in [5.74, 6) is -1.50. The Morgan fingerprint density at radius 1 is 1.50 bits per heavy atom. The van der Waals surface area contributed by atoms with Crippen LogP contribution in [0.2, 0.25) is 0 Å². The molecule has 1 saturated heterocycles. The first-order valence-electron chi connectivity index (χ1n) is 5.75. The standard InChI is InChI=1S/C12H14N2O4/c15-11(8-3-2-6-18-7-8)14-10-9(12(16)17)4-1-5-13-10/h1,4-5,8H,2-3,6-7H2,(H,16,17)(H,13,14,15). The first-order valence-corrected chi connectivity index (χ1v) is 5.75. The minimum atomic E-state index is -1.11. The van der Waals surface area contributed by atoms with Crippen LogP contribution in [0.5, 0.6) is 0 Å². The fourth-order valence-corrected chi connectivity index (χ4v) is 1.84. The van der Waals surface area contributed by atoms with E-state index in [1.54, 1.807) is 0 Å². The third-order valence-corrected chi connectivity index (χ3v) is 2.81. The van der Waals surface area contributed by atoms with E-state index < -0.39 is 5.97 Å². The highest BCUT2D eigenvalue weighted by molar-refractivity contribution is 5.99. The minimum Gasteiger partial charge on any atom is -0.478 e. The number of aromatic carboxylic acids is 1. The van der Waals surface area contributed by atoms with Gasteiger partial charge in [0, 0.05) is 12.8 Å². The number of nitrogens with zero attached hydrogens (tertiary/aromatic N) is 1. The number of anilines is 1. The molecule has 1 fully saturated rings. The lowest BCUT2D eigenvalue weighted by Crippen LogP contribution is -2.31. The van der Waals surface area contributed by atoms with Gasteiger partial charge in [0.05, 0.1) is 12.5 Å². The van der Waals surface area contributed by atoms with Gasteiger partial charge in [-0.3, -0.25) is 4.79 Å². The molecule has 1 aromatic heterocycles. The number of carboxylic acids is 1. The second-order valence-electron chi connectivity index (χ2n) is 4.11. The number of nitrogens with one attached hydrogen (secondary N) is 1. The summed E-state index contributed by atoms with van der Waals surface area (Å²) < 4.78 is 5.22. The van der Waals surface area contributed by atoms with E-state index in [2.05, 4.69) is 10.3 Å². The maximum Gasteiger partial charge on any atom is 0.339 e. The normalized spacial score (nSPS) is 19.2. The third-order valence-electron chi connectivity index (χ3n) is 2.81. The molecule has 18 heavy (non-hydrogen) atoms. The van der Waals surface area contributed by atoms with Crippen LogP contribution in [0.25, 0.3) is 0 Å². The molecular formula is C12H14N2O4. The van der Waals surface area contributed by atoms with E-state index in [0.29, 0.717) is 13.2 Å². The molecule has 1 unspecified atom stereocenters. The van der Waals surface area contributed by atoms with Crippen LogP contribution in [0.3, 0.4) is 0 Å². The Bertz CT molecular complexity index is 455. The van der Waals surface area contributed by atoms with E-state index in [1.807, 2.05) is 0 Å². The Labute approximate surface area is 104 Å². The van der Waals surface area contributed by atoms with Crippen molar-refractivity contribution in [3.63, 3.8) is 0 Å². The van der Waals surface area contributed by atoms with Crippen LogP contribution in [-0.4, -0.2) is 35.2 Å². The lowest BCUT2D eigenvalue weighted by molar-refractivity contribution is -0.123. The molecule has 0 aliphatic carbocycles. The molecule has 0 bridgehead atoms. The van der Waals surface area contributed by atoms with Crippen molar-refractivity contribution in [1.29, 1.82) is 0 Å². The van der Waals surface area contributed by atoms with Crippen molar-refractivity contribution in [2.24, 2.45) is 5.92 Å². The van der Waals surface area contributed by atoms with Crippen molar-refractivity contribution >= 4 is 17.7 Å². The zero-order valence-corrected chi connectivity index (χ0v) is 9.76. The molecule has 2 rings (SSSR count). The number of carboxylic acid groups (broad SMARTS) is 1. The molecule has 1 aliphatic heterocycles. The van der Waals surface area contributed by atoms with E-state index in [4.69, 9.17) is 9.84 Å². The number of hydrogen-bond donors (Lipinski definition) is 2. The molecule has 1 aliphatic rings.